The molecular formula is C16H11ClN2O. The topological polar surface area (TPSA) is 56.0 Å². The molecule has 2 aromatic carbocycles. The van der Waals surface area contributed by atoms with E-state index in [4.69, 9.17) is 17.3 Å². The summed E-state index contributed by atoms with van der Waals surface area (Å²) in [6, 6.07) is 16.6. The van der Waals surface area contributed by atoms with Gasteiger partial charge in [-0.3, -0.25) is 4.79 Å². The van der Waals surface area contributed by atoms with Gasteiger partial charge in [-0.05, 0) is 24.3 Å². The van der Waals surface area contributed by atoms with Crippen molar-refractivity contribution in [3.05, 3.63) is 65.2 Å². The van der Waals surface area contributed by atoms with Gasteiger partial charge in [-0.2, -0.15) is 0 Å². The van der Waals surface area contributed by atoms with Crippen LogP contribution in [0.15, 0.2) is 54.6 Å². The molecule has 0 radical (unpaired) electrons. The highest BCUT2D eigenvalue weighted by molar-refractivity contribution is 6.33. The van der Waals surface area contributed by atoms with Gasteiger partial charge in [0.25, 0.3) is 0 Å². The molecule has 98 valence electrons. The zero-order chi connectivity index (χ0) is 14.1. The number of halogens is 1. The fourth-order valence-electron chi connectivity index (χ4n) is 2.08. The Morgan fingerprint density at radius 3 is 2.45 bits per heavy atom. The van der Waals surface area contributed by atoms with Crippen molar-refractivity contribution in [2.24, 2.45) is 5.73 Å². The summed E-state index contributed by atoms with van der Waals surface area (Å²) in [4.78, 5) is 15.6. The lowest BCUT2D eigenvalue weighted by Crippen LogP contribution is -2.10. The fraction of sp³-hybridized carbons (Fsp3) is 0. The predicted molar refractivity (Wildman–Crippen MR) is 80.7 cm³/mol. The van der Waals surface area contributed by atoms with Gasteiger partial charge >= 0.3 is 0 Å². The number of hydrogen-bond donors (Lipinski definition) is 1. The van der Waals surface area contributed by atoms with E-state index in [1.807, 2.05) is 30.3 Å². The summed E-state index contributed by atoms with van der Waals surface area (Å²) >= 11 is 6.29. The lowest BCUT2D eigenvalue weighted by atomic mass is 10.1. The molecular weight excluding hydrogens is 272 g/mol. The summed E-state index contributed by atoms with van der Waals surface area (Å²) in [5.41, 5.74) is 8.12. The maximum absolute atomic E-state index is 11.1. The van der Waals surface area contributed by atoms with Crippen LogP contribution < -0.4 is 5.73 Å². The Balaban J connectivity index is 2.13. The maximum Gasteiger partial charge on any atom is 0.248 e. The number of benzene rings is 2. The van der Waals surface area contributed by atoms with Gasteiger partial charge in [-0.1, -0.05) is 41.9 Å². The van der Waals surface area contributed by atoms with Crippen LogP contribution in [0.4, 0.5) is 0 Å². The second-order valence-corrected chi connectivity index (χ2v) is 4.86. The molecule has 0 bridgehead atoms. The van der Waals surface area contributed by atoms with Gasteiger partial charge in [0.2, 0.25) is 5.91 Å². The molecule has 0 aliphatic heterocycles. The van der Waals surface area contributed by atoms with E-state index in [1.165, 1.54) is 0 Å². The van der Waals surface area contributed by atoms with E-state index in [0.717, 1.165) is 16.5 Å². The van der Waals surface area contributed by atoms with Crippen molar-refractivity contribution in [2.75, 3.05) is 0 Å². The number of amides is 1. The van der Waals surface area contributed by atoms with E-state index in [2.05, 4.69) is 4.98 Å². The lowest BCUT2D eigenvalue weighted by molar-refractivity contribution is 0.100. The van der Waals surface area contributed by atoms with Crippen molar-refractivity contribution in [3.8, 4) is 11.3 Å². The molecule has 0 saturated carbocycles. The van der Waals surface area contributed by atoms with Crippen LogP contribution in [-0.4, -0.2) is 10.9 Å². The van der Waals surface area contributed by atoms with Crippen LogP contribution in [0.25, 0.3) is 22.2 Å². The van der Waals surface area contributed by atoms with E-state index < -0.39 is 5.91 Å². The lowest BCUT2D eigenvalue weighted by Gasteiger charge is -2.06. The summed E-state index contributed by atoms with van der Waals surface area (Å²) < 4.78 is 0. The molecule has 0 unspecified atom stereocenters. The predicted octanol–water partition coefficient (Wildman–Crippen LogP) is 3.65. The minimum atomic E-state index is -0.450. The molecule has 0 fully saturated rings. The van der Waals surface area contributed by atoms with Crippen molar-refractivity contribution in [3.63, 3.8) is 0 Å². The molecule has 1 heterocycles. The summed E-state index contributed by atoms with van der Waals surface area (Å²) in [5.74, 6) is -0.450. The van der Waals surface area contributed by atoms with Gasteiger partial charge < -0.3 is 5.73 Å². The largest absolute Gasteiger partial charge is 0.366 e. The first-order chi connectivity index (χ1) is 9.65. The maximum atomic E-state index is 11.1. The number of pyridine rings is 1. The highest BCUT2D eigenvalue weighted by atomic mass is 35.5. The monoisotopic (exact) mass is 282 g/mol. The van der Waals surface area contributed by atoms with E-state index in [0.29, 0.717) is 16.3 Å². The number of hydrogen-bond acceptors (Lipinski definition) is 2. The third-order valence-corrected chi connectivity index (χ3v) is 3.41. The van der Waals surface area contributed by atoms with E-state index >= 15 is 0 Å². The van der Waals surface area contributed by atoms with Gasteiger partial charge in [-0.25, -0.2) is 4.98 Å². The number of carbonyl (C=O) groups is 1. The molecule has 1 amide bonds. The van der Waals surface area contributed by atoms with Gasteiger partial charge in [0.05, 0.1) is 16.2 Å². The van der Waals surface area contributed by atoms with Crippen LogP contribution in [0, 0.1) is 0 Å². The molecule has 1 aromatic heterocycles. The zero-order valence-corrected chi connectivity index (χ0v) is 11.3. The number of rotatable bonds is 2. The SMILES string of the molecule is NC(=O)c1ccc(-c2nc3ccccc3cc2Cl)cc1. The number of nitrogens with two attached hydrogens (primary N) is 1. The molecule has 20 heavy (non-hydrogen) atoms. The molecule has 4 heteroatoms. The standard InChI is InChI=1S/C16H11ClN2O/c17-13-9-12-3-1-2-4-14(12)19-15(13)10-5-7-11(8-6-10)16(18)20/h1-9H,(H2,18,20). The Hall–Kier alpha value is -2.39. The highest BCUT2D eigenvalue weighted by Gasteiger charge is 2.08. The molecule has 0 aliphatic carbocycles. The molecule has 3 aromatic rings. The molecule has 0 saturated heterocycles. The molecule has 0 aliphatic rings. The van der Waals surface area contributed by atoms with Crippen molar-refractivity contribution in [1.29, 1.82) is 0 Å². The van der Waals surface area contributed by atoms with Gasteiger partial charge in [-0.15, -0.1) is 0 Å². The molecule has 3 rings (SSSR count). The van der Waals surface area contributed by atoms with Gasteiger partial charge in [0.1, 0.15) is 0 Å². The third-order valence-electron chi connectivity index (χ3n) is 3.12. The van der Waals surface area contributed by atoms with Crippen molar-refractivity contribution in [1.82, 2.24) is 4.98 Å². The minimum Gasteiger partial charge on any atom is -0.366 e. The van der Waals surface area contributed by atoms with Crippen molar-refractivity contribution in [2.45, 2.75) is 0 Å². The van der Waals surface area contributed by atoms with Gasteiger partial charge in [0, 0.05) is 16.5 Å². The number of nitrogens with zero attached hydrogens (tertiary/aromatic N) is 1. The van der Waals surface area contributed by atoms with Crippen LogP contribution in [-0.2, 0) is 0 Å². The first-order valence-corrected chi connectivity index (χ1v) is 6.48. The number of primary amides is 1. The average molecular weight is 283 g/mol. The average Bonchev–Trinajstić information content (AvgIpc) is 2.46. The summed E-state index contributed by atoms with van der Waals surface area (Å²) in [6.07, 6.45) is 0. The van der Waals surface area contributed by atoms with E-state index in [-0.39, 0.29) is 0 Å². The Bertz CT molecular complexity index is 797. The number of fused-ring (bicyclic) bond motifs is 1. The van der Waals surface area contributed by atoms with Crippen LogP contribution >= 0.6 is 11.6 Å². The Kier molecular flexibility index (Phi) is 3.12. The summed E-state index contributed by atoms with van der Waals surface area (Å²) in [6.45, 7) is 0. The zero-order valence-electron chi connectivity index (χ0n) is 10.5. The summed E-state index contributed by atoms with van der Waals surface area (Å²) in [7, 11) is 0. The molecule has 0 atom stereocenters. The fourth-order valence-corrected chi connectivity index (χ4v) is 2.35. The quantitative estimate of drug-likeness (QED) is 0.780. The summed E-state index contributed by atoms with van der Waals surface area (Å²) in [5, 5.41) is 1.57. The Morgan fingerprint density at radius 1 is 1.05 bits per heavy atom. The van der Waals surface area contributed by atoms with Crippen LogP contribution in [0.1, 0.15) is 10.4 Å². The second kappa shape index (κ2) is 4.94. The van der Waals surface area contributed by atoms with Gasteiger partial charge in [0.15, 0.2) is 0 Å². The number of aromatic nitrogens is 1. The first kappa shape index (κ1) is 12.6. The van der Waals surface area contributed by atoms with Crippen LogP contribution in [0.2, 0.25) is 5.02 Å². The Morgan fingerprint density at radius 2 is 1.75 bits per heavy atom. The number of carbonyl (C=O) groups excluding carboxylic acids is 1. The number of para-hydroxylation sites is 1. The van der Waals surface area contributed by atoms with Crippen molar-refractivity contribution < 1.29 is 4.79 Å². The first-order valence-electron chi connectivity index (χ1n) is 6.11. The van der Waals surface area contributed by atoms with E-state index in [1.54, 1.807) is 24.3 Å². The normalized spacial score (nSPS) is 10.7. The van der Waals surface area contributed by atoms with Crippen LogP contribution in [0.5, 0.6) is 0 Å². The van der Waals surface area contributed by atoms with Crippen molar-refractivity contribution >= 4 is 28.4 Å². The molecule has 3 nitrogen and oxygen atoms in total. The smallest absolute Gasteiger partial charge is 0.248 e. The second-order valence-electron chi connectivity index (χ2n) is 4.45. The highest BCUT2D eigenvalue weighted by Crippen LogP contribution is 2.29. The molecule has 0 spiro atoms. The Labute approximate surface area is 121 Å². The van der Waals surface area contributed by atoms with Crippen LogP contribution in [0.3, 0.4) is 0 Å². The third kappa shape index (κ3) is 2.24. The van der Waals surface area contributed by atoms with E-state index in [9.17, 15) is 4.79 Å². The minimum absolute atomic E-state index is 0.450. The molecule has 2 N–H and O–H groups in total.